The van der Waals surface area contributed by atoms with Crippen LogP contribution in [0.1, 0.15) is 13.3 Å². The van der Waals surface area contributed by atoms with E-state index < -0.39 is 4.92 Å². The Labute approximate surface area is 123 Å². The fourth-order valence-electron chi connectivity index (χ4n) is 2.40. The number of hydrogen-bond acceptors (Lipinski definition) is 5. The van der Waals surface area contributed by atoms with Crippen molar-refractivity contribution in [2.75, 3.05) is 31.1 Å². The zero-order valence-corrected chi connectivity index (χ0v) is 12.1. The number of nitrogens with zero attached hydrogens (tertiary/aromatic N) is 3. The summed E-state index contributed by atoms with van der Waals surface area (Å²) in [5.74, 6) is 0.0911. The van der Waals surface area contributed by atoms with Crippen LogP contribution in [-0.2, 0) is 4.79 Å². The monoisotopic (exact) mass is 292 g/mol. The Kier molecular flexibility index (Phi) is 4.74. The smallest absolute Gasteiger partial charge is 0.269 e. The highest BCUT2D eigenvalue weighted by Crippen LogP contribution is 2.20. The highest BCUT2D eigenvalue weighted by Gasteiger charge is 2.22. The van der Waals surface area contributed by atoms with Crippen molar-refractivity contribution in [2.24, 2.45) is 5.73 Å². The SMILES string of the molecule is CC(N)CC(=O)N1CCN(c2ccc([N+](=O)[O-])cc2)CC1. The van der Waals surface area contributed by atoms with E-state index in [1.165, 1.54) is 12.1 Å². The Balaban J connectivity index is 1.91. The van der Waals surface area contributed by atoms with Crippen LogP contribution in [0.15, 0.2) is 24.3 Å². The molecule has 7 heteroatoms. The number of anilines is 1. The van der Waals surface area contributed by atoms with Crippen LogP contribution in [0.3, 0.4) is 0 Å². The molecular weight excluding hydrogens is 272 g/mol. The van der Waals surface area contributed by atoms with Crippen molar-refractivity contribution in [3.05, 3.63) is 34.4 Å². The summed E-state index contributed by atoms with van der Waals surface area (Å²) < 4.78 is 0. The molecule has 21 heavy (non-hydrogen) atoms. The number of piperazine rings is 1. The molecule has 1 aliphatic heterocycles. The molecule has 0 bridgehead atoms. The molecule has 1 aromatic carbocycles. The molecule has 1 fully saturated rings. The molecule has 2 N–H and O–H groups in total. The van der Waals surface area contributed by atoms with Gasteiger partial charge in [0.2, 0.25) is 5.91 Å². The van der Waals surface area contributed by atoms with Crippen LogP contribution in [-0.4, -0.2) is 48.0 Å². The van der Waals surface area contributed by atoms with Gasteiger partial charge in [0.05, 0.1) is 4.92 Å². The zero-order valence-electron chi connectivity index (χ0n) is 12.1. The largest absolute Gasteiger partial charge is 0.368 e. The summed E-state index contributed by atoms with van der Waals surface area (Å²) in [5.41, 5.74) is 6.68. The Morgan fingerprint density at radius 1 is 1.29 bits per heavy atom. The van der Waals surface area contributed by atoms with Crippen molar-refractivity contribution in [3.8, 4) is 0 Å². The van der Waals surface area contributed by atoms with Gasteiger partial charge in [0.1, 0.15) is 0 Å². The van der Waals surface area contributed by atoms with Gasteiger partial charge in [-0.1, -0.05) is 0 Å². The summed E-state index contributed by atoms with van der Waals surface area (Å²) in [6.45, 7) is 4.58. The summed E-state index contributed by atoms with van der Waals surface area (Å²) in [6, 6.07) is 6.38. The third kappa shape index (κ3) is 3.91. The predicted molar refractivity (Wildman–Crippen MR) is 80.2 cm³/mol. The maximum absolute atomic E-state index is 11.9. The van der Waals surface area contributed by atoms with Crippen LogP contribution >= 0.6 is 0 Å². The van der Waals surface area contributed by atoms with Gasteiger partial charge in [-0.2, -0.15) is 0 Å². The molecule has 7 nitrogen and oxygen atoms in total. The van der Waals surface area contributed by atoms with E-state index in [-0.39, 0.29) is 17.6 Å². The third-order valence-electron chi connectivity index (χ3n) is 3.55. The second-order valence-corrected chi connectivity index (χ2v) is 5.32. The Morgan fingerprint density at radius 2 is 1.86 bits per heavy atom. The second kappa shape index (κ2) is 6.53. The van der Waals surface area contributed by atoms with E-state index in [9.17, 15) is 14.9 Å². The quantitative estimate of drug-likeness (QED) is 0.659. The molecular formula is C14H20N4O3. The van der Waals surface area contributed by atoms with Crippen molar-refractivity contribution in [3.63, 3.8) is 0 Å². The van der Waals surface area contributed by atoms with E-state index >= 15 is 0 Å². The van der Waals surface area contributed by atoms with E-state index in [2.05, 4.69) is 4.90 Å². The number of carbonyl (C=O) groups excluding carboxylic acids is 1. The van der Waals surface area contributed by atoms with Gasteiger partial charge in [0.25, 0.3) is 5.69 Å². The number of amides is 1. The molecule has 2 rings (SSSR count). The molecule has 1 amide bonds. The van der Waals surface area contributed by atoms with Crippen LogP contribution in [0.25, 0.3) is 0 Å². The van der Waals surface area contributed by atoms with E-state index in [4.69, 9.17) is 5.73 Å². The van der Waals surface area contributed by atoms with Crippen molar-refractivity contribution in [2.45, 2.75) is 19.4 Å². The van der Waals surface area contributed by atoms with Gasteiger partial charge in [-0.25, -0.2) is 0 Å². The predicted octanol–water partition coefficient (Wildman–Crippen LogP) is 0.981. The highest BCUT2D eigenvalue weighted by atomic mass is 16.6. The number of benzene rings is 1. The molecule has 114 valence electrons. The van der Waals surface area contributed by atoms with E-state index in [0.29, 0.717) is 19.5 Å². The van der Waals surface area contributed by atoms with Gasteiger partial charge in [-0.3, -0.25) is 14.9 Å². The molecule has 1 aliphatic rings. The number of carbonyl (C=O) groups is 1. The van der Waals surface area contributed by atoms with Gasteiger partial charge in [-0.15, -0.1) is 0 Å². The lowest BCUT2D eigenvalue weighted by Crippen LogP contribution is -2.49. The Morgan fingerprint density at radius 3 is 2.33 bits per heavy atom. The van der Waals surface area contributed by atoms with Crippen molar-refractivity contribution < 1.29 is 9.72 Å². The fraction of sp³-hybridized carbons (Fsp3) is 0.500. The van der Waals surface area contributed by atoms with Crippen LogP contribution in [0, 0.1) is 10.1 Å². The van der Waals surface area contributed by atoms with Crippen molar-refractivity contribution >= 4 is 17.3 Å². The number of nitro benzene ring substituents is 1. The number of hydrogen-bond donors (Lipinski definition) is 1. The lowest BCUT2D eigenvalue weighted by atomic mass is 10.2. The molecule has 0 aliphatic carbocycles. The van der Waals surface area contributed by atoms with E-state index in [1.807, 2.05) is 11.8 Å². The minimum atomic E-state index is -0.408. The highest BCUT2D eigenvalue weighted by molar-refractivity contribution is 5.77. The topological polar surface area (TPSA) is 92.7 Å². The molecule has 1 unspecified atom stereocenters. The van der Waals surface area contributed by atoms with Gasteiger partial charge in [-0.05, 0) is 19.1 Å². The maximum Gasteiger partial charge on any atom is 0.269 e. The minimum Gasteiger partial charge on any atom is -0.368 e. The Hall–Kier alpha value is -2.15. The summed E-state index contributed by atoms with van der Waals surface area (Å²) in [7, 11) is 0. The van der Waals surface area contributed by atoms with Crippen LogP contribution in [0.4, 0.5) is 11.4 Å². The molecule has 1 atom stereocenters. The Bertz CT molecular complexity index is 507. The molecule has 0 radical (unpaired) electrons. The molecule has 1 aromatic rings. The lowest BCUT2D eigenvalue weighted by molar-refractivity contribution is -0.384. The van der Waals surface area contributed by atoms with Crippen LogP contribution in [0.2, 0.25) is 0 Å². The summed E-state index contributed by atoms with van der Waals surface area (Å²) in [6.07, 6.45) is 0.373. The molecule has 1 heterocycles. The number of rotatable bonds is 4. The van der Waals surface area contributed by atoms with Crippen LogP contribution in [0.5, 0.6) is 0 Å². The molecule has 0 saturated carbocycles. The third-order valence-corrected chi connectivity index (χ3v) is 3.55. The molecule has 0 aromatic heterocycles. The van der Waals surface area contributed by atoms with Crippen molar-refractivity contribution in [1.82, 2.24) is 4.90 Å². The first-order valence-corrected chi connectivity index (χ1v) is 7.00. The first-order valence-electron chi connectivity index (χ1n) is 7.00. The number of non-ortho nitro benzene ring substituents is 1. The molecule has 1 saturated heterocycles. The fourth-order valence-corrected chi connectivity index (χ4v) is 2.40. The normalized spacial score (nSPS) is 16.7. The summed E-state index contributed by atoms with van der Waals surface area (Å²) in [5, 5.41) is 10.6. The number of nitrogens with two attached hydrogens (primary N) is 1. The first-order chi connectivity index (χ1) is 9.97. The average molecular weight is 292 g/mol. The molecule has 0 spiro atoms. The first kappa shape index (κ1) is 15.2. The summed E-state index contributed by atoms with van der Waals surface area (Å²) >= 11 is 0. The zero-order chi connectivity index (χ0) is 15.4. The lowest BCUT2D eigenvalue weighted by Gasteiger charge is -2.36. The van der Waals surface area contributed by atoms with Crippen LogP contribution < -0.4 is 10.6 Å². The van der Waals surface area contributed by atoms with E-state index in [1.54, 1.807) is 12.1 Å². The average Bonchev–Trinajstić information content (AvgIpc) is 2.47. The number of nitro groups is 1. The van der Waals surface area contributed by atoms with Crippen molar-refractivity contribution in [1.29, 1.82) is 0 Å². The van der Waals surface area contributed by atoms with Gasteiger partial charge in [0.15, 0.2) is 0 Å². The van der Waals surface area contributed by atoms with Gasteiger partial charge < -0.3 is 15.5 Å². The maximum atomic E-state index is 11.9. The summed E-state index contributed by atoms with van der Waals surface area (Å²) in [4.78, 5) is 26.1. The minimum absolute atomic E-state index is 0.0875. The van der Waals surface area contributed by atoms with Gasteiger partial charge >= 0.3 is 0 Å². The standard InChI is InChI=1S/C14H20N4O3/c1-11(15)10-14(19)17-8-6-16(7-9-17)12-2-4-13(5-3-12)18(20)21/h2-5,11H,6-10,15H2,1H3. The van der Waals surface area contributed by atoms with E-state index in [0.717, 1.165) is 18.8 Å². The second-order valence-electron chi connectivity index (χ2n) is 5.32. The van der Waals surface area contributed by atoms with Gasteiger partial charge in [0, 0.05) is 56.5 Å².